The van der Waals surface area contributed by atoms with E-state index in [4.69, 9.17) is 27.9 Å². The van der Waals surface area contributed by atoms with Crippen molar-refractivity contribution in [3.63, 3.8) is 0 Å². The van der Waals surface area contributed by atoms with Crippen molar-refractivity contribution in [3.05, 3.63) is 58.1 Å². The van der Waals surface area contributed by atoms with E-state index >= 15 is 0 Å². The van der Waals surface area contributed by atoms with Gasteiger partial charge < -0.3 is 10.1 Å². The van der Waals surface area contributed by atoms with Gasteiger partial charge >= 0.3 is 0 Å². The lowest BCUT2D eigenvalue weighted by atomic mass is 9.98. The topological polar surface area (TPSA) is 38.3 Å². The van der Waals surface area contributed by atoms with E-state index in [2.05, 4.69) is 19.2 Å². The van der Waals surface area contributed by atoms with Crippen molar-refractivity contribution in [1.29, 1.82) is 0 Å². The van der Waals surface area contributed by atoms with Gasteiger partial charge in [-0.25, -0.2) is 0 Å². The van der Waals surface area contributed by atoms with Crippen molar-refractivity contribution >= 4 is 34.8 Å². The van der Waals surface area contributed by atoms with Crippen LogP contribution >= 0.6 is 23.2 Å². The Morgan fingerprint density at radius 1 is 1.17 bits per heavy atom. The van der Waals surface area contributed by atoms with Crippen LogP contribution in [0.25, 0.3) is 0 Å². The number of halogens is 2. The molecule has 0 aliphatic heterocycles. The number of carbonyl (C=O) groups excluding carboxylic acids is 1. The van der Waals surface area contributed by atoms with Crippen LogP contribution in [-0.2, 0) is 4.79 Å². The Morgan fingerprint density at radius 2 is 1.83 bits per heavy atom. The van der Waals surface area contributed by atoms with Crippen molar-refractivity contribution in [2.45, 2.75) is 26.2 Å². The predicted molar refractivity (Wildman–Crippen MR) is 95.7 cm³/mol. The lowest BCUT2D eigenvalue weighted by molar-refractivity contribution is -0.118. The van der Waals surface area contributed by atoms with Crippen LogP contribution in [0.3, 0.4) is 0 Å². The molecule has 1 amide bonds. The number of rotatable bonds is 6. The molecule has 0 spiro atoms. The molecule has 0 saturated carbocycles. The average molecular weight is 352 g/mol. The van der Waals surface area contributed by atoms with Crippen molar-refractivity contribution in [2.24, 2.45) is 0 Å². The molecule has 0 aliphatic rings. The quantitative estimate of drug-likeness (QED) is 0.743. The molecule has 1 unspecified atom stereocenters. The number of carbonyl (C=O) groups is 1. The SMILES string of the molecule is CCC(C)c1ccccc1OCC(=O)Nc1cc(Cl)cc(Cl)c1. The Bertz CT molecular complexity index is 668. The number of benzene rings is 2. The van der Waals surface area contributed by atoms with Gasteiger partial charge in [0.1, 0.15) is 5.75 Å². The summed E-state index contributed by atoms with van der Waals surface area (Å²) in [5.41, 5.74) is 1.65. The lowest BCUT2D eigenvalue weighted by Gasteiger charge is -2.15. The molecule has 3 nitrogen and oxygen atoms in total. The molecule has 2 rings (SSSR count). The van der Waals surface area contributed by atoms with Crippen molar-refractivity contribution in [1.82, 2.24) is 0 Å². The van der Waals surface area contributed by atoms with E-state index in [9.17, 15) is 4.79 Å². The second-order valence-electron chi connectivity index (χ2n) is 5.34. The zero-order valence-electron chi connectivity index (χ0n) is 13.1. The van der Waals surface area contributed by atoms with Crippen molar-refractivity contribution in [3.8, 4) is 5.75 Å². The first-order chi connectivity index (χ1) is 11.0. The molecule has 2 aromatic carbocycles. The summed E-state index contributed by atoms with van der Waals surface area (Å²) in [4.78, 5) is 12.0. The molecule has 0 fully saturated rings. The summed E-state index contributed by atoms with van der Waals surface area (Å²) in [6, 6.07) is 12.7. The minimum Gasteiger partial charge on any atom is -0.483 e. The smallest absolute Gasteiger partial charge is 0.262 e. The standard InChI is InChI=1S/C18H19Cl2NO2/c1-3-12(2)16-6-4-5-7-17(16)23-11-18(22)21-15-9-13(19)8-14(20)10-15/h4-10,12H,3,11H2,1-2H3,(H,21,22). The molecule has 1 atom stereocenters. The molecule has 1 N–H and O–H groups in total. The Morgan fingerprint density at radius 3 is 2.48 bits per heavy atom. The lowest BCUT2D eigenvalue weighted by Crippen LogP contribution is -2.20. The molecule has 122 valence electrons. The third-order valence-corrected chi connectivity index (χ3v) is 4.00. The number of hydrogen-bond acceptors (Lipinski definition) is 2. The van der Waals surface area contributed by atoms with Gasteiger partial charge in [-0.2, -0.15) is 0 Å². The summed E-state index contributed by atoms with van der Waals surface area (Å²) >= 11 is 11.8. The van der Waals surface area contributed by atoms with Crippen molar-refractivity contribution in [2.75, 3.05) is 11.9 Å². The molecular weight excluding hydrogens is 333 g/mol. The highest BCUT2D eigenvalue weighted by atomic mass is 35.5. The molecule has 2 aromatic rings. The highest BCUT2D eigenvalue weighted by molar-refractivity contribution is 6.35. The van der Waals surface area contributed by atoms with E-state index in [1.165, 1.54) is 0 Å². The molecule has 0 heterocycles. The average Bonchev–Trinajstić information content (AvgIpc) is 2.51. The van der Waals surface area contributed by atoms with Crippen LogP contribution in [0, 0.1) is 0 Å². The van der Waals surface area contributed by atoms with E-state index in [1.807, 2.05) is 24.3 Å². The summed E-state index contributed by atoms with van der Waals surface area (Å²) in [6.45, 7) is 4.19. The Labute approximate surface area is 146 Å². The summed E-state index contributed by atoms with van der Waals surface area (Å²) in [5.74, 6) is 0.851. The first kappa shape index (κ1) is 17.6. The second-order valence-corrected chi connectivity index (χ2v) is 6.21. The third kappa shape index (κ3) is 5.15. The van der Waals surface area contributed by atoms with Crippen LogP contribution in [-0.4, -0.2) is 12.5 Å². The van der Waals surface area contributed by atoms with Crippen LogP contribution in [0.1, 0.15) is 31.7 Å². The summed E-state index contributed by atoms with van der Waals surface area (Å²) in [5, 5.41) is 3.66. The zero-order valence-corrected chi connectivity index (χ0v) is 14.6. The van der Waals surface area contributed by atoms with Crippen LogP contribution in [0.15, 0.2) is 42.5 Å². The zero-order chi connectivity index (χ0) is 16.8. The van der Waals surface area contributed by atoms with E-state index in [1.54, 1.807) is 18.2 Å². The fraction of sp³-hybridized carbons (Fsp3) is 0.278. The predicted octanol–water partition coefficient (Wildman–Crippen LogP) is 5.52. The maximum atomic E-state index is 12.0. The largest absolute Gasteiger partial charge is 0.483 e. The number of para-hydroxylation sites is 1. The summed E-state index contributed by atoms with van der Waals surface area (Å²) < 4.78 is 5.68. The second kappa shape index (κ2) is 8.23. The molecular formula is C18H19Cl2NO2. The number of nitrogens with one attached hydrogen (secondary N) is 1. The molecule has 0 bridgehead atoms. The van der Waals surface area contributed by atoms with Gasteiger partial charge in [-0.1, -0.05) is 55.2 Å². The van der Waals surface area contributed by atoms with Crippen molar-refractivity contribution < 1.29 is 9.53 Å². The maximum Gasteiger partial charge on any atom is 0.262 e. The monoisotopic (exact) mass is 351 g/mol. The minimum absolute atomic E-state index is 0.0718. The molecule has 0 aromatic heterocycles. The van der Waals surface area contributed by atoms with Crippen LogP contribution in [0.2, 0.25) is 10.0 Å². The normalized spacial score (nSPS) is 11.8. The van der Waals surface area contributed by atoms with Gasteiger partial charge in [-0.3, -0.25) is 4.79 Å². The van der Waals surface area contributed by atoms with E-state index in [-0.39, 0.29) is 12.5 Å². The number of anilines is 1. The van der Waals surface area contributed by atoms with Gasteiger partial charge in [0.15, 0.2) is 6.61 Å². The maximum absolute atomic E-state index is 12.0. The van der Waals surface area contributed by atoms with Gasteiger partial charge in [0, 0.05) is 15.7 Å². The van der Waals surface area contributed by atoms with Gasteiger partial charge in [-0.15, -0.1) is 0 Å². The van der Waals surface area contributed by atoms with Crippen LogP contribution in [0.4, 0.5) is 5.69 Å². The fourth-order valence-electron chi connectivity index (χ4n) is 2.21. The first-order valence-electron chi connectivity index (χ1n) is 7.47. The fourth-order valence-corrected chi connectivity index (χ4v) is 2.73. The minimum atomic E-state index is -0.262. The molecule has 5 heteroatoms. The Kier molecular flexibility index (Phi) is 6.31. The van der Waals surface area contributed by atoms with E-state index < -0.39 is 0 Å². The molecule has 23 heavy (non-hydrogen) atoms. The molecule has 0 radical (unpaired) electrons. The number of ether oxygens (including phenoxy) is 1. The van der Waals surface area contributed by atoms with Gasteiger partial charge in [0.05, 0.1) is 0 Å². The van der Waals surface area contributed by atoms with Crippen LogP contribution in [0.5, 0.6) is 5.75 Å². The molecule has 0 saturated heterocycles. The van der Waals surface area contributed by atoms with Gasteiger partial charge in [0.2, 0.25) is 0 Å². The number of hydrogen-bond donors (Lipinski definition) is 1. The third-order valence-electron chi connectivity index (χ3n) is 3.57. The van der Waals surface area contributed by atoms with E-state index in [0.29, 0.717) is 21.7 Å². The Balaban J connectivity index is 1.99. The first-order valence-corrected chi connectivity index (χ1v) is 8.23. The molecule has 0 aliphatic carbocycles. The van der Waals surface area contributed by atoms with Gasteiger partial charge in [-0.05, 0) is 42.2 Å². The summed E-state index contributed by atoms with van der Waals surface area (Å²) in [7, 11) is 0. The van der Waals surface area contributed by atoms with Gasteiger partial charge in [0.25, 0.3) is 5.91 Å². The Hall–Kier alpha value is -1.71. The highest BCUT2D eigenvalue weighted by Gasteiger charge is 2.11. The van der Waals surface area contributed by atoms with E-state index in [0.717, 1.165) is 17.7 Å². The highest BCUT2D eigenvalue weighted by Crippen LogP contribution is 2.28. The number of amides is 1. The van der Waals surface area contributed by atoms with Crippen LogP contribution < -0.4 is 10.1 Å². The summed E-state index contributed by atoms with van der Waals surface area (Å²) in [6.07, 6.45) is 1.01.